The fraction of sp³-hybridized carbons (Fsp3) is 0.783. The summed E-state index contributed by atoms with van der Waals surface area (Å²) in [6.45, 7) is 8.32. The van der Waals surface area contributed by atoms with Gasteiger partial charge in [0.2, 0.25) is 5.91 Å². The third-order valence-electron chi connectivity index (χ3n) is 7.02. The van der Waals surface area contributed by atoms with E-state index in [1.807, 2.05) is 9.47 Å². The van der Waals surface area contributed by atoms with Crippen LogP contribution < -0.4 is 5.56 Å². The second kappa shape index (κ2) is 10.7. The van der Waals surface area contributed by atoms with Crippen molar-refractivity contribution in [3.8, 4) is 0 Å². The summed E-state index contributed by atoms with van der Waals surface area (Å²) in [6.07, 6.45) is 6.17. The maximum atomic E-state index is 13.0. The Balaban J connectivity index is 1.33. The van der Waals surface area contributed by atoms with Crippen LogP contribution in [0.4, 0.5) is 0 Å². The molecule has 1 unspecified atom stereocenters. The molecule has 1 aromatic heterocycles. The molecule has 3 aliphatic rings. The lowest BCUT2D eigenvalue weighted by molar-refractivity contribution is -0.134. The summed E-state index contributed by atoms with van der Waals surface area (Å²) in [6, 6.07) is 1.73. The number of fused-ring (bicyclic) bond motifs is 1. The molecule has 3 aliphatic heterocycles. The van der Waals surface area contributed by atoms with E-state index in [0.29, 0.717) is 13.1 Å². The number of carbonyl (C=O) groups is 1. The van der Waals surface area contributed by atoms with Gasteiger partial charge in [0.1, 0.15) is 5.82 Å². The van der Waals surface area contributed by atoms with Crippen LogP contribution in [0.1, 0.15) is 49.5 Å². The monoisotopic (exact) mass is 431 g/mol. The van der Waals surface area contributed by atoms with Gasteiger partial charge < -0.3 is 9.64 Å². The average Bonchev–Trinajstić information content (AvgIpc) is 3.05. The molecule has 0 bridgehead atoms. The first kappa shape index (κ1) is 22.4. The smallest absolute Gasteiger partial charge is 0.253 e. The van der Waals surface area contributed by atoms with Gasteiger partial charge in [-0.1, -0.05) is 6.42 Å². The topological polar surface area (TPSA) is 70.9 Å². The maximum Gasteiger partial charge on any atom is 0.253 e. The van der Waals surface area contributed by atoms with Gasteiger partial charge in [-0.05, 0) is 25.7 Å². The van der Waals surface area contributed by atoms with E-state index < -0.39 is 0 Å². The van der Waals surface area contributed by atoms with Crippen molar-refractivity contribution in [1.29, 1.82) is 0 Å². The van der Waals surface area contributed by atoms with Crippen LogP contribution in [0, 0.1) is 0 Å². The summed E-state index contributed by atoms with van der Waals surface area (Å²) in [7, 11) is 1.73. The molecule has 2 saturated heterocycles. The lowest BCUT2D eigenvalue weighted by Crippen LogP contribution is -2.51. The zero-order chi connectivity index (χ0) is 21.6. The van der Waals surface area contributed by atoms with E-state index in [4.69, 9.17) is 9.72 Å². The van der Waals surface area contributed by atoms with E-state index in [-0.39, 0.29) is 17.4 Å². The number of likely N-dealkylation sites (tertiary alicyclic amines) is 1. The molecular weight excluding hydrogens is 394 g/mol. The van der Waals surface area contributed by atoms with Crippen molar-refractivity contribution in [3.05, 3.63) is 27.9 Å². The molecule has 1 aromatic rings. The Morgan fingerprint density at radius 2 is 1.87 bits per heavy atom. The summed E-state index contributed by atoms with van der Waals surface area (Å²) in [5, 5.41) is 0. The second-order valence-electron chi connectivity index (χ2n) is 9.19. The minimum atomic E-state index is 0.0803. The largest absolute Gasteiger partial charge is 0.383 e. The molecule has 0 aliphatic carbocycles. The summed E-state index contributed by atoms with van der Waals surface area (Å²) in [5.74, 6) is 1.32. The molecule has 31 heavy (non-hydrogen) atoms. The number of carbonyl (C=O) groups excluding carboxylic acids is 1. The summed E-state index contributed by atoms with van der Waals surface area (Å²) in [5.41, 5.74) is 0.971. The number of hydrogen-bond acceptors (Lipinski definition) is 6. The number of rotatable bonds is 6. The zero-order valence-corrected chi connectivity index (χ0v) is 18.9. The summed E-state index contributed by atoms with van der Waals surface area (Å²) in [4.78, 5) is 37.2. The van der Waals surface area contributed by atoms with Crippen molar-refractivity contribution in [1.82, 2.24) is 24.3 Å². The first-order valence-electron chi connectivity index (χ1n) is 12.0. The minimum Gasteiger partial charge on any atom is -0.383 e. The Hall–Kier alpha value is -1.77. The molecule has 1 amide bonds. The van der Waals surface area contributed by atoms with E-state index in [0.717, 1.165) is 102 Å². The zero-order valence-electron chi connectivity index (χ0n) is 18.9. The minimum absolute atomic E-state index is 0.0803. The molecule has 0 radical (unpaired) electrons. The molecule has 0 aromatic carbocycles. The molecule has 0 spiro atoms. The van der Waals surface area contributed by atoms with Gasteiger partial charge >= 0.3 is 0 Å². The Bertz CT molecular complexity index is 803. The van der Waals surface area contributed by atoms with Gasteiger partial charge in [0.25, 0.3) is 5.56 Å². The second-order valence-corrected chi connectivity index (χ2v) is 9.19. The van der Waals surface area contributed by atoms with Gasteiger partial charge in [-0.25, -0.2) is 4.98 Å². The first-order chi connectivity index (χ1) is 15.1. The van der Waals surface area contributed by atoms with E-state index in [1.165, 1.54) is 0 Å². The van der Waals surface area contributed by atoms with Crippen LogP contribution in [0.5, 0.6) is 0 Å². The number of aromatic nitrogens is 2. The van der Waals surface area contributed by atoms with Crippen LogP contribution in [-0.4, -0.2) is 96.2 Å². The van der Waals surface area contributed by atoms with Crippen molar-refractivity contribution < 1.29 is 9.53 Å². The number of methoxy groups -OCH3 is 1. The number of piperidine rings is 1. The van der Waals surface area contributed by atoms with Crippen molar-refractivity contribution >= 4 is 5.91 Å². The van der Waals surface area contributed by atoms with Crippen LogP contribution >= 0.6 is 0 Å². The van der Waals surface area contributed by atoms with E-state index in [9.17, 15) is 9.59 Å². The van der Waals surface area contributed by atoms with Crippen molar-refractivity contribution in [2.75, 3.05) is 66.1 Å². The Labute approximate surface area is 185 Å². The molecule has 8 nitrogen and oxygen atoms in total. The van der Waals surface area contributed by atoms with Crippen LogP contribution in [0.15, 0.2) is 10.9 Å². The van der Waals surface area contributed by atoms with Crippen LogP contribution in [0.2, 0.25) is 0 Å². The quantitative estimate of drug-likeness (QED) is 0.668. The lowest BCUT2D eigenvalue weighted by atomic mass is 9.94. The van der Waals surface area contributed by atoms with Gasteiger partial charge in [-0.2, -0.15) is 0 Å². The Kier molecular flexibility index (Phi) is 7.74. The number of aryl methyl sites for hydroxylation is 1. The average molecular weight is 432 g/mol. The SMILES string of the molecule is COCCN1CCN(CC(=O)N2CCCC(c3cc(=O)n4c(n3)CCCCC4)C2)CC1. The lowest BCUT2D eigenvalue weighted by Gasteiger charge is -2.37. The molecule has 4 rings (SSSR count). The summed E-state index contributed by atoms with van der Waals surface area (Å²) < 4.78 is 7.02. The Morgan fingerprint density at radius 3 is 2.68 bits per heavy atom. The number of hydrogen-bond donors (Lipinski definition) is 0. The molecule has 4 heterocycles. The highest BCUT2D eigenvalue weighted by atomic mass is 16.5. The normalized spacial score (nSPS) is 23.4. The van der Waals surface area contributed by atoms with E-state index in [1.54, 1.807) is 13.2 Å². The molecule has 8 heteroatoms. The van der Waals surface area contributed by atoms with Crippen molar-refractivity contribution in [2.24, 2.45) is 0 Å². The third kappa shape index (κ3) is 5.73. The number of piperazine rings is 1. The Morgan fingerprint density at radius 1 is 1.06 bits per heavy atom. The van der Waals surface area contributed by atoms with Crippen LogP contribution in [-0.2, 0) is 22.5 Å². The molecule has 0 saturated carbocycles. The maximum absolute atomic E-state index is 13.0. The van der Waals surface area contributed by atoms with Gasteiger partial charge in [-0.15, -0.1) is 0 Å². The van der Waals surface area contributed by atoms with Gasteiger partial charge in [0.05, 0.1) is 18.8 Å². The van der Waals surface area contributed by atoms with E-state index in [2.05, 4.69) is 9.80 Å². The summed E-state index contributed by atoms with van der Waals surface area (Å²) >= 11 is 0. The van der Waals surface area contributed by atoms with Crippen LogP contribution in [0.25, 0.3) is 0 Å². The molecule has 2 fully saturated rings. The fourth-order valence-electron chi connectivity index (χ4n) is 5.07. The van der Waals surface area contributed by atoms with Crippen molar-refractivity contribution in [3.63, 3.8) is 0 Å². The third-order valence-corrected chi connectivity index (χ3v) is 7.02. The van der Waals surface area contributed by atoms with Crippen molar-refractivity contribution in [2.45, 2.75) is 51.0 Å². The molecular formula is C23H37N5O3. The highest BCUT2D eigenvalue weighted by molar-refractivity contribution is 5.78. The number of ether oxygens (including phenoxy) is 1. The highest BCUT2D eigenvalue weighted by Crippen LogP contribution is 2.26. The number of nitrogens with zero attached hydrogens (tertiary/aromatic N) is 5. The van der Waals surface area contributed by atoms with Gasteiger partial charge in [-0.3, -0.25) is 24.0 Å². The predicted octanol–water partition coefficient (Wildman–Crippen LogP) is 0.940. The molecule has 0 N–H and O–H groups in total. The number of amides is 1. The first-order valence-corrected chi connectivity index (χ1v) is 12.0. The molecule has 172 valence electrons. The molecule has 1 atom stereocenters. The van der Waals surface area contributed by atoms with Gasteiger partial charge in [0, 0.05) is 77.9 Å². The predicted molar refractivity (Wildman–Crippen MR) is 119 cm³/mol. The standard InChI is InChI=1S/C23H37N5O3/c1-31-15-14-25-10-12-26(13-11-25)18-23(30)27-8-5-6-19(17-27)20-16-22(29)28-9-4-2-3-7-21(28)24-20/h16,19H,2-15,17-18H2,1H3. The van der Waals surface area contributed by atoms with Crippen LogP contribution in [0.3, 0.4) is 0 Å². The fourth-order valence-corrected chi connectivity index (χ4v) is 5.07. The van der Waals surface area contributed by atoms with Gasteiger partial charge in [0.15, 0.2) is 0 Å². The highest BCUT2D eigenvalue weighted by Gasteiger charge is 2.28. The van der Waals surface area contributed by atoms with E-state index >= 15 is 0 Å².